The van der Waals surface area contributed by atoms with Crippen LogP contribution in [0.4, 0.5) is 0 Å². The Morgan fingerprint density at radius 1 is 1.26 bits per heavy atom. The maximum atomic E-state index is 12.2. The molecule has 0 aromatic rings. The molecule has 2 aliphatic heterocycles. The standard InChI is InChI=1S/C13H23N3O2S/c14-13(15-18)11-1-5-16(6-2-11)12(17)9-10-3-7-19-8-4-10/h10-11,18H,1-9H2,(H2,14,15). The Kier molecular flexibility index (Phi) is 5.36. The third-order valence-corrected chi connectivity index (χ3v) is 5.23. The van der Waals surface area contributed by atoms with Gasteiger partial charge in [0.1, 0.15) is 5.84 Å². The Bertz CT molecular complexity index is 335. The van der Waals surface area contributed by atoms with Crippen LogP contribution < -0.4 is 5.73 Å². The first kappa shape index (κ1) is 14.5. The lowest BCUT2D eigenvalue weighted by Crippen LogP contribution is -2.42. The average Bonchev–Trinajstić information content (AvgIpc) is 2.47. The number of hydrogen-bond donors (Lipinski definition) is 2. The van der Waals surface area contributed by atoms with Crippen molar-refractivity contribution in [1.82, 2.24) is 4.90 Å². The summed E-state index contributed by atoms with van der Waals surface area (Å²) in [5.41, 5.74) is 5.61. The van der Waals surface area contributed by atoms with E-state index >= 15 is 0 Å². The molecule has 0 aromatic carbocycles. The molecular weight excluding hydrogens is 262 g/mol. The van der Waals surface area contributed by atoms with E-state index in [1.54, 1.807) is 0 Å². The van der Waals surface area contributed by atoms with Gasteiger partial charge in [0.05, 0.1) is 0 Å². The molecule has 0 aromatic heterocycles. The highest BCUT2D eigenvalue weighted by atomic mass is 32.2. The van der Waals surface area contributed by atoms with Gasteiger partial charge < -0.3 is 15.8 Å². The first-order valence-electron chi connectivity index (χ1n) is 7.03. The molecule has 0 radical (unpaired) electrons. The summed E-state index contributed by atoms with van der Waals surface area (Å²) in [6.45, 7) is 1.47. The van der Waals surface area contributed by atoms with Crippen LogP contribution in [-0.2, 0) is 4.79 Å². The van der Waals surface area contributed by atoms with Gasteiger partial charge in [-0.2, -0.15) is 11.8 Å². The second-order valence-corrected chi connectivity index (χ2v) is 6.66. The summed E-state index contributed by atoms with van der Waals surface area (Å²) in [5, 5.41) is 11.7. The summed E-state index contributed by atoms with van der Waals surface area (Å²) in [5.74, 6) is 3.69. The van der Waals surface area contributed by atoms with E-state index in [4.69, 9.17) is 10.9 Å². The predicted octanol–water partition coefficient (Wildman–Crippen LogP) is 1.50. The molecule has 0 unspecified atom stereocenters. The number of hydrogen-bond acceptors (Lipinski definition) is 4. The van der Waals surface area contributed by atoms with Crippen LogP contribution in [0, 0.1) is 11.8 Å². The molecule has 3 N–H and O–H groups in total. The van der Waals surface area contributed by atoms with Crippen molar-refractivity contribution in [2.24, 2.45) is 22.7 Å². The predicted molar refractivity (Wildman–Crippen MR) is 77.4 cm³/mol. The molecule has 6 heteroatoms. The molecule has 108 valence electrons. The summed E-state index contributed by atoms with van der Waals surface area (Å²) >= 11 is 1.99. The fourth-order valence-corrected chi connectivity index (χ4v) is 4.04. The average molecular weight is 285 g/mol. The number of amides is 1. The molecular formula is C13H23N3O2S. The Morgan fingerprint density at radius 3 is 2.47 bits per heavy atom. The molecule has 19 heavy (non-hydrogen) atoms. The van der Waals surface area contributed by atoms with Crippen molar-refractivity contribution in [2.45, 2.75) is 32.1 Å². The molecule has 0 aliphatic carbocycles. The van der Waals surface area contributed by atoms with Crippen molar-refractivity contribution < 1.29 is 10.0 Å². The molecule has 2 fully saturated rings. The largest absolute Gasteiger partial charge is 0.409 e. The smallest absolute Gasteiger partial charge is 0.222 e. The van der Waals surface area contributed by atoms with Gasteiger partial charge >= 0.3 is 0 Å². The minimum Gasteiger partial charge on any atom is -0.409 e. The minimum absolute atomic E-state index is 0.125. The number of thioether (sulfide) groups is 1. The second-order valence-electron chi connectivity index (χ2n) is 5.44. The van der Waals surface area contributed by atoms with Crippen molar-refractivity contribution in [3.05, 3.63) is 0 Å². The van der Waals surface area contributed by atoms with Gasteiger partial charge in [0, 0.05) is 25.4 Å². The lowest BCUT2D eigenvalue weighted by molar-refractivity contribution is -0.133. The van der Waals surface area contributed by atoms with E-state index < -0.39 is 0 Å². The number of carbonyl (C=O) groups excluding carboxylic acids is 1. The van der Waals surface area contributed by atoms with Crippen LogP contribution in [0.2, 0.25) is 0 Å². The number of piperidine rings is 1. The Morgan fingerprint density at radius 2 is 1.89 bits per heavy atom. The first-order valence-corrected chi connectivity index (χ1v) is 8.19. The van der Waals surface area contributed by atoms with Crippen LogP contribution in [0.5, 0.6) is 0 Å². The first-order chi connectivity index (χ1) is 9.20. The number of oxime groups is 1. The van der Waals surface area contributed by atoms with Crippen LogP contribution in [-0.4, -0.2) is 46.4 Å². The lowest BCUT2D eigenvalue weighted by atomic mass is 9.94. The van der Waals surface area contributed by atoms with E-state index in [9.17, 15) is 4.79 Å². The second kappa shape index (κ2) is 7.03. The van der Waals surface area contributed by atoms with Crippen molar-refractivity contribution in [3.63, 3.8) is 0 Å². The Balaban J connectivity index is 1.75. The minimum atomic E-state index is 0.125. The topological polar surface area (TPSA) is 78.9 Å². The van der Waals surface area contributed by atoms with Crippen molar-refractivity contribution in [1.29, 1.82) is 0 Å². The van der Waals surface area contributed by atoms with Crippen molar-refractivity contribution in [3.8, 4) is 0 Å². The summed E-state index contributed by atoms with van der Waals surface area (Å²) in [4.78, 5) is 14.2. The van der Waals surface area contributed by atoms with Crippen LogP contribution in [0.3, 0.4) is 0 Å². The number of nitrogens with zero attached hydrogens (tertiary/aromatic N) is 2. The number of amidine groups is 1. The molecule has 0 bridgehead atoms. The molecule has 2 heterocycles. The Hall–Kier alpha value is -0.910. The SMILES string of the molecule is NC(=NO)C1CCN(C(=O)CC2CCSCC2)CC1. The normalized spacial score (nSPS) is 23.6. The van der Waals surface area contributed by atoms with Gasteiger partial charge in [-0.05, 0) is 43.1 Å². The summed E-state index contributed by atoms with van der Waals surface area (Å²) < 4.78 is 0. The summed E-state index contributed by atoms with van der Waals surface area (Å²) in [6, 6.07) is 0. The van der Waals surface area contributed by atoms with Gasteiger partial charge in [-0.25, -0.2) is 0 Å². The molecule has 2 saturated heterocycles. The fourth-order valence-electron chi connectivity index (χ4n) is 2.83. The highest BCUT2D eigenvalue weighted by Crippen LogP contribution is 2.27. The van der Waals surface area contributed by atoms with Crippen molar-refractivity contribution >= 4 is 23.5 Å². The van der Waals surface area contributed by atoms with E-state index in [2.05, 4.69) is 5.16 Å². The third-order valence-electron chi connectivity index (χ3n) is 4.19. The summed E-state index contributed by atoms with van der Waals surface area (Å²) in [7, 11) is 0. The van der Waals surface area contributed by atoms with Crippen LogP contribution in [0.15, 0.2) is 5.16 Å². The molecule has 2 aliphatic rings. The maximum absolute atomic E-state index is 12.2. The van der Waals surface area contributed by atoms with Crippen LogP contribution >= 0.6 is 11.8 Å². The molecule has 0 atom stereocenters. The molecule has 1 amide bonds. The van der Waals surface area contributed by atoms with Crippen LogP contribution in [0.25, 0.3) is 0 Å². The van der Waals surface area contributed by atoms with E-state index in [1.807, 2.05) is 16.7 Å². The van der Waals surface area contributed by atoms with Gasteiger partial charge in [0.15, 0.2) is 0 Å². The maximum Gasteiger partial charge on any atom is 0.222 e. The fraction of sp³-hybridized carbons (Fsp3) is 0.846. The van der Waals surface area contributed by atoms with Crippen molar-refractivity contribution in [2.75, 3.05) is 24.6 Å². The Labute approximate surface area is 118 Å². The van der Waals surface area contributed by atoms with E-state index in [-0.39, 0.29) is 11.8 Å². The zero-order chi connectivity index (χ0) is 13.7. The van der Waals surface area contributed by atoms with Crippen LogP contribution in [0.1, 0.15) is 32.1 Å². The monoisotopic (exact) mass is 285 g/mol. The quantitative estimate of drug-likeness (QED) is 0.356. The van der Waals surface area contributed by atoms with Gasteiger partial charge in [0.25, 0.3) is 0 Å². The third kappa shape index (κ3) is 4.03. The van der Waals surface area contributed by atoms with E-state index in [0.717, 1.165) is 25.9 Å². The number of carbonyl (C=O) groups is 1. The molecule has 0 saturated carbocycles. The highest BCUT2D eigenvalue weighted by Gasteiger charge is 2.27. The van der Waals surface area contributed by atoms with Gasteiger partial charge in [0.2, 0.25) is 5.91 Å². The zero-order valence-corrected chi connectivity index (χ0v) is 12.1. The highest BCUT2D eigenvalue weighted by molar-refractivity contribution is 7.99. The van der Waals surface area contributed by atoms with E-state index in [0.29, 0.717) is 18.2 Å². The molecule has 5 nitrogen and oxygen atoms in total. The van der Waals surface area contributed by atoms with Gasteiger partial charge in [-0.15, -0.1) is 0 Å². The number of rotatable bonds is 3. The molecule has 0 spiro atoms. The van der Waals surface area contributed by atoms with Gasteiger partial charge in [-0.1, -0.05) is 5.16 Å². The number of likely N-dealkylation sites (tertiary alicyclic amines) is 1. The summed E-state index contributed by atoms with van der Waals surface area (Å²) in [6.07, 6.45) is 4.67. The zero-order valence-electron chi connectivity index (χ0n) is 11.3. The molecule has 2 rings (SSSR count). The van der Waals surface area contributed by atoms with E-state index in [1.165, 1.54) is 24.3 Å². The van der Waals surface area contributed by atoms with Gasteiger partial charge in [-0.3, -0.25) is 4.79 Å². The lowest BCUT2D eigenvalue weighted by Gasteiger charge is -2.32. The number of nitrogens with two attached hydrogens (primary N) is 1.